The maximum absolute atomic E-state index is 7.39. The van der Waals surface area contributed by atoms with E-state index in [1.807, 2.05) is 0 Å². The van der Waals surface area contributed by atoms with Crippen molar-refractivity contribution in [1.82, 2.24) is 0 Å². The van der Waals surface area contributed by atoms with E-state index in [1.54, 1.807) is 11.1 Å². The van der Waals surface area contributed by atoms with E-state index in [4.69, 9.17) is 5.73 Å². The van der Waals surface area contributed by atoms with Crippen molar-refractivity contribution in [2.45, 2.75) is 94.7 Å². The number of nitrogens with two attached hydrogens (primary N) is 1. The van der Waals surface area contributed by atoms with Crippen LogP contribution in [0.3, 0.4) is 0 Å². The van der Waals surface area contributed by atoms with E-state index in [-0.39, 0.29) is 13.3 Å². The van der Waals surface area contributed by atoms with Gasteiger partial charge in [0.1, 0.15) is 0 Å². The minimum Gasteiger partial charge on any atom is -0.327 e. The normalized spacial score (nSPS) is 36.4. The highest BCUT2D eigenvalue weighted by Gasteiger charge is 2.65. The number of fused-ring (bicyclic) bond motifs is 9. The van der Waals surface area contributed by atoms with Gasteiger partial charge in [-0.2, -0.15) is 0 Å². The summed E-state index contributed by atoms with van der Waals surface area (Å²) in [7, 11) is -0.0820. The van der Waals surface area contributed by atoms with Crippen LogP contribution in [0.25, 0.3) is 11.1 Å². The zero-order valence-electron chi connectivity index (χ0n) is 21.0. The monoisotopic (exact) mass is 459 g/mol. The van der Waals surface area contributed by atoms with E-state index in [0.717, 1.165) is 17.2 Å². The molecule has 1 saturated heterocycles. The molecule has 1 spiro atoms. The second-order valence-corrected chi connectivity index (χ2v) is 15.3. The molecular weight excluding hydrogens is 417 g/mol. The van der Waals surface area contributed by atoms with E-state index in [9.17, 15) is 0 Å². The molecule has 1 nitrogen and oxygen atoms in total. The summed E-state index contributed by atoms with van der Waals surface area (Å²) < 4.78 is 0. The van der Waals surface area contributed by atoms with Crippen molar-refractivity contribution in [3.63, 3.8) is 0 Å². The fourth-order valence-electron chi connectivity index (χ4n) is 9.26. The van der Waals surface area contributed by atoms with E-state index in [2.05, 4.69) is 76.2 Å². The highest BCUT2D eigenvalue weighted by Crippen LogP contribution is 2.75. The van der Waals surface area contributed by atoms with Crippen LogP contribution >= 0.6 is 7.92 Å². The molecule has 2 aromatic rings. The van der Waals surface area contributed by atoms with Crippen molar-refractivity contribution in [2.75, 3.05) is 0 Å². The Morgan fingerprint density at radius 3 is 2.00 bits per heavy atom. The lowest BCUT2D eigenvalue weighted by Crippen LogP contribution is -2.63. The van der Waals surface area contributed by atoms with Crippen LogP contribution < -0.4 is 5.73 Å². The van der Waals surface area contributed by atoms with Crippen LogP contribution in [0.2, 0.25) is 0 Å². The van der Waals surface area contributed by atoms with Gasteiger partial charge in [-0.25, -0.2) is 0 Å². The molecule has 0 aromatic heterocycles. The highest BCUT2D eigenvalue weighted by atomic mass is 31.1. The molecule has 2 saturated carbocycles. The van der Waals surface area contributed by atoms with Gasteiger partial charge in [0, 0.05) is 11.5 Å². The minimum absolute atomic E-state index is 0.0820. The Balaban J connectivity index is 1.63. The van der Waals surface area contributed by atoms with Gasteiger partial charge in [0.05, 0.1) is 0 Å². The Morgan fingerprint density at radius 2 is 1.39 bits per heavy atom. The third-order valence-corrected chi connectivity index (χ3v) is 14.2. The Bertz CT molecular complexity index is 980. The fraction of sp³-hybridized carbons (Fsp3) is 0.613. The summed E-state index contributed by atoms with van der Waals surface area (Å²) in [6, 6.07) is 19.4. The second kappa shape index (κ2) is 8.20. The molecule has 6 rings (SSSR count). The molecule has 4 aliphatic rings. The van der Waals surface area contributed by atoms with E-state index < -0.39 is 0 Å². The molecule has 1 heterocycles. The quantitative estimate of drug-likeness (QED) is 0.456. The van der Waals surface area contributed by atoms with Crippen molar-refractivity contribution >= 4 is 7.92 Å². The average molecular weight is 460 g/mol. The predicted molar refractivity (Wildman–Crippen MR) is 143 cm³/mol. The third kappa shape index (κ3) is 2.97. The molecule has 176 valence electrons. The van der Waals surface area contributed by atoms with Crippen LogP contribution in [0.5, 0.6) is 0 Å². The summed E-state index contributed by atoms with van der Waals surface area (Å²) >= 11 is 0. The van der Waals surface area contributed by atoms with Gasteiger partial charge in [-0.15, -0.1) is 0 Å². The zero-order valence-corrected chi connectivity index (χ0v) is 21.9. The van der Waals surface area contributed by atoms with Gasteiger partial charge in [-0.3, -0.25) is 0 Å². The molecule has 2 N–H and O–H groups in total. The summed E-state index contributed by atoms with van der Waals surface area (Å²) in [4.78, 5) is 0. The SMILES string of the molecule is CC(C)C1CCC2C(C1N)P(C(C)C)C1CCCCC1C21c2ccccc2-c2ccccc21. The van der Waals surface area contributed by atoms with Gasteiger partial charge >= 0.3 is 0 Å². The lowest BCUT2D eigenvalue weighted by atomic mass is 9.52. The Kier molecular flexibility index (Phi) is 5.54. The molecular formula is C31H42NP. The smallest absolute Gasteiger partial charge is 0.0284 e. The number of hydrogen-bond donors (Lipinski definition) is 1. The van der Waals surface area contributed by atoms with Crippen LogP contribution in [-0.2, 0) is 5.41 Å². The predicted octanol–water partition coefficient (Wildman–Crippen LogP) is 7.79. The van der Waals surface area contributed by atoms with Gasteiger partial charge in [-0.1, -0.05) is 97.0 Å². The first-order valence-corrected chi connectivity index (χ1v) is 15.2. The van der Waals surface area contributed by atoms with Gasteiger partial charge in [0.2, 0.25) is 0 Å². The minimum atomic E-state index is -0.0820. The fourth-order valence-corrected chi connectivity index (χ4v) is 13.9. The highest BCUT2D eigenvalue weighted by molar-refractivity contribution is 7.60. The van der Waals surface area contributed by atoms with Gasteiger partial charge < -0.3 is 5.73 Å². The first-order chi connectivity index (χ1) is 16.0. The van der Waals surface area contributed by atoms with E-state index in [1.165, 1.54) is 49.7 Å². The Morgan fingerprint density at radius 1 is 0.788 bits per heavy atom. The molecule has 0 radical (unpaired) electrons. The largest absolute Gasteiger partial charge is 0.327 e. The number of benzene rings is 2. The third-order valence-electron chi connectivity index (χ3n) is 10.2. The Labute approximate surface area is 202 Å². The van der Waals surface area contributed by atoms with Crippen molar-refractivity contribution in [3.05, 3.63) is 59.7 Å². The molecule has 2 aromatic carbocycles. The first kappa shape index (κ1) is 22.3. The van der Waals surface area contributed by atoms with E-state index in [0.29, 0.717) is 29.5 Å². The molecule has 3 aliphatic carbocycles. The van der Waals surface area contributed by atoms with E-state index >= 15 is 0 Å². The van der Waals surface area contributed by atoms with Crippen LogP contribution in [0, 0.1) is 23.7 Å². The molecule has 33 heavy (non-hydrogen) atoms. The maximum Gasteiger partial charge on any atom is 0.0284 e. The number of rotatable bonds is 2. The van der Waals surface area contributed by atoms with Crippen molar-refractivity contribution < 1.29 is 0 Å². The van der Waals surface area contributed by atoms with Crippen LogP contribution in [0.1, 0.15) is 77.3 Å². The molecule has 0 bridgehead atoms. The van der Waals surface area contributed by atoms with Crippen LogP contribution in [-0.4, -0.2) is 23.0 Å². The molecule has 0 amide bonds. The number of hydrogen-bond acceptors (Lipinski definition) is 1. The second-order valence-electron chi connectivity index (χ2n) is 12.1. The maximum atomic E-state index is 7.39. The van der Waals surface area contributed by atoms with Crippen molar-refractivity contribution in [3.8, 4) is 11.1 Å². The first-order valence-electron chi connectivity index (χ1n) is 13.7. The zero-order chi connectivity index (χ0) is 22.9. The standard InChI is InChI=1S/C31H42NP/c1-19(2)21-17-18-27-30(29(21)32)33(20(3)4)28-16-10-9-15-26(28)31(27)24-13-7-5-11-22(24)23-12-6-8-14-25(23)31/h5-8,11-14,19-21,26-30H,9-10,15-18,32H2,1-4H3. The molecule has 3 fully saturated rings. The summed E-state index contributed by atoms with van der Waals surface area (Å²) in [5, 5.41) is 0. The van der Waals surface area contributed by atoms with Gasteiger partial charge in [0.15, 0.2) is 0 Å². The lowest BCUT2D eigenvalue weighted by molar-refractivity contribution is 0.0863. The molecule has 7 atom stereocenters. The van der Waals surface area contributed by atoms with Gasteiger partial charge in [0.25, 0.3) is 0 Å². The summed E-state index contributed by atoms with van der Waals surface area (Å²) in [6.07, 6.45) is 8.34. The van der Waals surface area contributed by atoms with Gasteiger partial charge in [-0.05, 0) is 88.6 Å². The van der Waals surface area contributed by atoms with Crippen molar-refractivity contribution in [1.29, 1.82) is 0 Å². The lowest BCUT2D eigenvalue weighted by Gasteiger charge is -2.65. The molecule has 7 unspecified atom stereocenters. The van der Waals surface area contributed by atoms with Crippen LogP contribution in [0.15, 0.2) is 48.5 Å². The average Bonchev–Trinajstić information content (AvgIpc) is 3.11. The summed E-state index contributed by atoms with van der Waals surface area (Å²) in [5.74, 6) is 2.85. The Hall–Kier alpha value is -1.17. The topological polar surface area (TPSA) is 26.0 Å². The summed E-state index contributed by atoms with van der Waals surface area (Å²) in [5.41, 5.74) is 16.3. The molecule has 2 heteroatoms. The molecule has 1 aliphatic heterocycles. The summed E-state index contributed by atoms with van der Waals surface area (Å²) in [6.45, 7) is 9.92. The van der Waals surface area contributed by atoms with Crippen LogP contribution in [0.4, 0.5) is 0 Å². The van der Waals surface area contributed by atoms with Crippen molar-refractivity contribution in [2.24, 2.45) is 29.4 Å².